The molecule has 1 N–H and O–H groups in total. The molecule has 0 saturated heterocycles. The standard InChI is InChI=1S/C13H18ClNO4S/c1-4-10(3)15(8-13(16)17)20(18,19)12-6-5-11(14)7-9(12)2/h5-7,10H,4,8H2,1-3H3,(H,16,17). The van der Waals surface area contributed by atoms with Crippen molar-refractivity contribution >= 4 is 27.6 Å². The second kappa shape index (κ2) is 6.56. The monoisotopic (exact) mass is 319 g/mol. The number of sulfonamides is 1. The molecule has 0 radical (unpaired) electrons. The molecule has 0 amide bonds. The third kappa shape index (κ3) is 3.71. The molecule has 1 rings (SSSR count). The first-order chi connectivity index (χ1) is 9.20. The number of carboxylic acids is 1. The van der Waals surface area contributed by atoms with Crippen molar-refractivity contribution in [1.29, 1.82) is 0 Å². The molecule has 1 atom stereocenters. The number of rotatable bonds is 6. The molecule has 0 aliphatic carbocycles. The fourth-order valence-corrected chi connectivity index (χ4v) is 3.93. The summed E-state index contributed by atoms with van der Waals surface area (Å²) >= 11 is 5.82. The number of benzene rings is 1. The van der Waals surface area contributed by atoms with E-state index >= 15 is 0 Å². The normalized spacial score (nSPS) is 13.4. The SMILES string of the molecule is CCC(C)N(CC(=O)O)S(=O)(=O)c1ccc(Cl)cc1C. The topological polar surface area (TPSA) is 74.7 Å². The van der Waals surface area contributed by atoms with Crippen molar-refractivity contribution in [3.63, 3.8) is 0 Å². The molecular formula is C13H18ClNO4S. The van der Waals surface area contributed by atoms with Crippen LogP contribution >= 0.6 is 11.6 Å². The van der Waals surface area contributed by atoms with E-state index in [0.29, 0.717) is 17.0 Å². The van der Waals surface area contributed by atoms with E-state index in [-0.39, 0.29) is 4.90 Å². The van der Waals surface area contributed by atoms with Crippen LogP contribution in [0.4, 0.5) is 0 Å². The third-order valence-corrected chi connectivity index (χ3v) is 5.45. The van der Waals surface area contributed by atoms with Crippen LogP contribution in [-0.4, -0.2) is 36.4 Å². The fraction of sp³-hybridized carbons (Fsp3) is 0.462. The molecule has 0 fully saturated rings. The molecule has 20 heavy (non-hydrogen) atoms. The van der Waals surface area contributed by atoms with Crippen LogP contribution < -0.4 is 0 Å². The molecule has 0 bridgehead atoms. The second-order valence-electron chi connectivity index (χ2n) is 4.61. The van der Waals surface area contributed by atoms with E-state index in [2.05, 4.69) is 0 Å². The lowest BCUT2D eigenvalue weighted by molar-refractivity contribution is -0.137. The van der Waals surface area contributed by atoms with Crippen LogP contribution in [0.15, 0.2) is 23.1 Å². The Morgan fingerprint density at radius 1 is 1.45 bits per heavy atom. The number of aryl methyl sites for hydroxylation is 1. The van der Waals surface area contributed by atoms with E-state index in [4.69, 9.17) is 16.7 Å². The van der Waals surface area contributed by atoms with Gasteiger partial charge < -0.3 is 5.11 Å². The highest BCUT2D eigenvalue weighted by molar-refractivity contribution is 7.89. The van der Waals surface area contributed by atoms with Gasteiger partial charge in [-0.15, -0.1) is 0 Å². The Kier molecular flexibility index (Phi) is 5.56. The van der Waals surface area contributed by atoms with Gasteiger partial charge in [0.15, 0.2) is 0 Å². The minimum absolute atomic E-state index is 0.0865. The molecule has 0 aliphatic rings. The summed E-state index contributed by atoms with van der Waals surface area (Å²) in [6.07, 6.45) is 0.527. The van der Waals surface area contributed by atoms with Gasteiger partial charge in [-0.1, -0.05) is 18.5 Å². The van der Waals surface area contributed by atoms with Crippen LogP contribution in [0, 0.1) is 6.92 Å². The van der Waals surface area contributed by atoms with Crippen molar-refractivity contribution in [3.05, 3.63) is 28.8 Å². The zero-order valence-corrected chi connectivity index (χ0v) is 13.2. The van der Waals surface area contributed by atoms with Gasteiger partial charge in [0, 0.05) is 11.1 Å². The van der Waals surface area contributed by atoms with Crippen LogP contribution in [-0.2, 0) is 14.8 Å². The molecule has 0 spiro atoms. The molecule has 1 aromatic rings. The Labute approximate surface area is 124 Å². The van der Waals surface area contributed by atoms with E-state index in [1.807, 2.05) is 6.92 Å². The lowest BCUT2D eigenvalue weighted by Crippen LogP contribution is -2.41. The van der Waals surface area contributed by atoms with Gasteiger partial charge in [0.05, 0.1) is 4.90 Å². The molecule has 5 nitrogen and oxygen atoms in total. The van der Waals surface area contributed by atoms with Crippen molar-refractivity contribution in [2.24, 2.45) is 0 Å². The summed E-state index contributed by atoms with van der Waals surface area (Å²) in [4.78, 5) is 11.0. The maximum Gasteiger partial charge on any atom is 0.318 e. The Morgan fingerprint density at radius 3 is 2.50 bits per heavy atom. The van der Waals surface area contributed by atoms with Gasteiger partial charge in [0.2, 0.25) is 10.0 Å². The van der Waals surface area contributed by atoms with Crippen molar-refractivity contribution in [3.8, 4) is 0 Å². The summed E-state index contributed by atoms with van der Waals surface area (Å²) in [5.74, 6) is -1.18. The predicted molar refractivity (Wildman–Crippen MR) is 77.5 cm³/mol. The van der Waals surface area contributed by atoms with E-state index in [1.165, 1.54) is 12.1 Å². The third-order valence-electron chi connectivity index (χ3n) is 3.10. The molecule has 112 valence electrons. The van der Waals surface area contributed by atoms with Crippen LogP contribution in [0.5, 0.6) is 0 Å². The van der Waals surface area contributed by atoms with Crippen molar-refractivity contribution in [2.75, 3.05) is 6.54 Å². The number of carboxylic acid groups (broad SMARTS) is 1. The first-order valence-corrected chi connectivity index (χ1v) is 8.01. The lowest BCUT2D eigenvalue weighted by atomic mass is 10.2. The number of hydrogen-bond acceptors (Lipinski definition) is 3. The highest BCUT2D eigenvalue weighted by Gasteiger charge is 2.31. The Morgan fingerprint density at radius 2 is 2.05 bits per heavy atom. The number of hydrogen-bond donors (Lipinski definition) is 1. The zero-order valence-electron chi connectivity index (χ0n) is 11.6. The van der Waals surface area contributed by atoms with Crippen molar-refractivity contribution < 1.29 is 18.3 Å². The first-order valence-electron chi connectivity index (χ1n) is 6.20. The lowest BCUT2D eigenvalue weighted by Gasteiger charge is -2.26. The Hall–Kier alpha value is -1.11. The van der Waals surface area contributed by atoms with Gasteiger partial charge in [-0.2, -0.15) is 4.31 Å². The zero-order chi connectivity index (χ0) is 15.5. The average molecular weight is 320 g/mol. The van der Waals surface area contributed by atoms with Crippen LogP contribution in [0.1, 0.15) is 25.8 Å². The number of nitrogens with zero attached hydrogens (tertiary/aromatic N) is 1. The fourth-order valence-electron chi connectivity index (χ4n) is 1.84. The van der Waals surface area contributed by atoms with Gasteiger partial charge in [0.25, 0.3) is 0 Å². The van der Waals surface area contributed by atoms with Crippen molar-refractivity contribution in [1.82, 2.24) is 4.31 Å². The van der Waals surface area contributed by atoms with Gasteiger partial charge in [-0.3, -0.25) is 4.79 Å². The van der Waals surface area contributed by atoms with Gasteiger partial charge in [-0.25, -0.2) is 8.42 Å². The summed E-state index contributed by atoms with van der Waals surface area (Å²) in [6, 6.07) is 4.04. The maximum absolute atomic E-state index is 12.6. The van der Waals surface area contributed by atoms with E-state index in [1.54, 1.807) is 19.9 Å². The summed E-state index contributed by atoms with van der Waals surface area (Å²) in [5, 5.41) is 9.36. The van der Waals surface area contributed by atoms with E-state index in [0.717, 1.165) is 4.31 Å². The molecule has 0 saturated carbocycles. The minimum Gasteiger partial charge on any atom is -0.480 e. The maximum atomic E-state index is 12.6. The second-order valence-corrected chi connectivity index (χ2v) is 6.91. The van der Waals surface area contributed by atoms with Gasteiger partial charge in [0.1, 0.15) is 6.54 Å². The van der Waals surface area contributed by atoms with E-state index in [9.17, 15) is 13.2 Å². The molecule has 1 unspecified atom stereocenters. The summed E-state index contributed by atoms with van der Waals surface area (Å²) in [7, 11) is -3.86. The molecule has 1 aromatic carbocycles. The smallest absolute Gasteiger partial charge is 0.318 e. The van der Waals surface area contributed by atoms with Crippen LogP contribution in [0.25, 0.3) is 0 Å². The average Bonchev–Trinajstić information content (AvgIpc) is 2.34. The van der Waals surface area contributed by atoms with Crippen molar-refractivity contribution in [2.45, 2.75) is 38.1 Å². The van der Waals surface area contributed by atoms with Gasteiger partial charge >= 0.3 is 5.97 Å². The number of aliphatic carboxylic acids is 1. The predicted octanol–water partition coefficient (Wildman–Crippen LogP) is 2.52. The Balaban J connectivity index is 3.32. The molecule has 0 aliphatic heterocycles. The minimum atomic E-state index is -3.86. The Bertz CT molecular complexity index is 600. The molecular weight excluding hydrogens is 302 g/mol. The van der Waals surface area contributed by atoms with Gasteiger partial charge in [-0.05, 0) is 44.0 Å². The summed E-state index contributed by atoms with van der Waals surface area (Å²) < 4.78 is 26.2. The van der Waals surface area contributed by atoms with E-state index < -0.39 is 28.6 Å². The highest BCUT2D eigenvalue weighted by Crippen LogP contribution is 2.25. The van der Waals surface area contributed by atoms with Crippen LogP contribution in [0.3, 0.4) is 0 Å². The summed E-state index contributed by atoms with van der Waals surface area (Å²) in [6.45, 7) is 4.57. The number of halogens is 1. The molecule has 0 heterocycles. The number of carbonyl (C=O) groups is 1. The highest BCUT2D eigenvalue weighted by atomic mass is 35.5. The quantitative estimate of drug-likeness (QED) is 0.874. The summed E-state index contributed by atoms with van der Waals surface area (Å²) in [5.41, 5.74) is 0.496. The molecule has 0 aromatic heterocycles. The largest absolute Gasteiger partial charge is 0.480 e. The van der Waals surface area contributed by atoms with Crippen LogP contribution in [0.2, 0.25) is 5.02 Å². The molecule has 7 heteroatoms. The first kappa shape index (κ1) is 16.9.